The van der Waals surface area contributed by atoms with Crippen LogP contribution >= 0.6 is 0 Å². The van der Waals surface area contributed by atoms with Crippen LogP contribution in [0.1, 0.15) is 25.0 Å². The van der Waals surface area contributed by atoms with E-state index < -0.39 is 0 Å². The van der Waals surface area contributed by atoms with Gasteiger partial charge in [0.25, 0.3) is 0 Å². The van der Waals surface area contributed by atoms with Gasteiger partial charge < -0.3 is 24.1 Å². The van der Waals surface area contributed by atoms with Crippen LogP contribution in [-0.4, -0.2) is 85.0 Å². The molecule has 33 heavy (non-hydrogen) atoms. The number of benzene rings is 1. The van der Waals surface area contributed by atoms with E-state index in [2.05, 4.69) is 71.5 Å². The Morgan fingerprint density at radius 2 is 1.88 bits per heavy atom. The normalized spacial score (nSPS) is 18.9. The Morgan fingerprint density at radius 1 is 1.18 bits per heavy atom. The van der Waals surface area contributed by atoms with Crippen molar-refractivity contribution in [1.29, 1.82) is 0 Å². The molecule has 0 unspecified atom stereocenters. The van der Waals surface area contributed by atoms with Crippen LogP contribution < -0.4 is 0 Å². The largest absolute Gasteiger partial charge is 0.500 e. The number of amides is 1. The van der Waals surface area contributed by atoms with Gasteiger partial charge in [-0.3, -0.25) is 9.69 Å². The first-order valence-corrected chi connectivity index (χ1v) is 11.8. The van der Waals surface area contributed by atoms with E-state index in [4.69, 9.17) is 14.2 Å². The summed E-state index contributed by atoms with van der Waals surface area (Å²) >= 11 is 0. The van der Waals surface area contributed by atoms with Crippen LogP contribution in [0.3, 0.4) is 0 Å². The first-order valence-electron chi connectivity index (χ1n) is 11.3. The van der Waals surface area contributed by atoms with Gasteiger partial charge in [0.1, 0.15) is 15.6 Å². The summed E-state index contributed by atoms with van der Waals surface area (Å²) in [5, 5.41) is 1.78. The van der Waals surface area contributed by atoms with Crippen molar-refractivity contribution in [3.8, 4) is 0 Å². The lowest BCUT2D eigenvalue weighted by atomic mass is 9.79. The quantitative estimate of drug-likeness (QED) is 0.521. The van der Waals surface area contributed by atoms with Crippen molar-refractivity contribution in [2.24, 2.45) is 5.92 Å². The smallest absolute Gasteiger partial charge is 0.311 e. The summed E-state index contributed by atoms with van der Waals surface area (Å²) < 4.78 is 14.2. The van der Waals surface area contributed by atoms with Crippen LogP contribution in [0.15, 0.2) is 41.8 Å². The Labute approximate surface area is 199 Å². The second-order valence-electron chi connectivity index (χ2n) is 8.17. The maximum Gasteiger partial charge on any atom is 0.311 e. The average molecular weight is 469 g/mol. The monoisotopic (exact) mass is 468 g/mol. The Bertz CT molecular complexity index is 1040. The van der Waals surface area contributed by atoms with Crippen LogP contribution in [-0.2, 0) is 25.4 Å². The summed E-state index contributed by atoms with van der Waals surface area (Å²) in [6.45, 7) is 6.47. The minimum Gasteiger partial charge on any atom is -0.500 e. The Balaban J connectivity index is 0.000000292. The maximum absolute atomic E-state index is 12.9. The number of H-pyrrole nitrogens is 1. The lowest BCUT2D eigenvalue weighted by Gasteiger charge is -2.40. The highest BCUT2D eigenvalue weighted by Crippen LogP contribution is 2.40. The van der Waals surface area contributed by atoms with Gasteiger partial charge in [-0.25, -0.2) is 0 Å². The molecule has 1 aromatic heterocycles. The summed E-state index contributed by atoms with van der Waals surface area (Å²) in [5.41, 5.74) is 5.21. The molecule has 1 aromatic carbocycles. The van der Waals surface area contributed by atoms with Gasteiger partial charge in [-0.15, -0.1) is 0 Å². The number of aromatic nitrogens is 1. The number of fused-ring (bicyclic) bond motifs is 2. The summed E-state index contributed by atoms with van der Waals surface area (Å²) in [7, 11) is 9.78. The van der Waals surface area contributed by atoms with Gasteiger partial charge in [-0.05, 0) is 50.1 Å². The predicted molar refractivity (Wildman–Crippen MR) is 132 cm³/mol. The zero-order chi connectivity index (χ0) is 24.1. The minimum atomic E-state index is -0.0445. The highest BCUT2D eigenvalue weighted by molar-refractivity contribution is 6.20. The number of carbonyl (C=O) groups is 1. The zero-order valence-electron chi connectivity index (χ0n) is 20.4. The van der Waals surface area contributed by atoms with Gasteiger partial charge in [-0.1, -0.05) is 18.2 Å². The number of rotatable bonds is 6. The Kier molecular flexibility index (Phi) is 8.26. The third-order valence-electron chi connectivity index (χ3n) is 6.42. The molecule has 3 radical (unpaired) electrons. The molecule has 2 aromatic rings. The van der Waals surface area contributed by atoms with Crippen molar-refractivity contribution >= 4 is 32.6 Å². The van der Waals surface area contributed by atoms with E-state index in [0.29, 0.717) is 17.4 Å². The van der Waals surface area contributed by atoms with E-state index >= 15 is 0 Å². The van der Waals surface area contributed by atoms with E-state index in [0.717, 1.165) is 26.1 Å². The van der Waals surface area contributed by atoms with Crippen LogP contribution in [0.25, 0.3) is 16.5 Å². The van der Waals surface area contributed by atoms with Crippen LogP contribution in [0.5, 0.6) is 0 Å². The van der Waals surface area contributed by atoms with Crippen molar-refractivity contribution < 1.29 is 19.0 Å². The number of hydrogen-bond donors (Lipinski definition) is 1. The summed E-state index contributed by atoms with van der Waals surface area (Å²) in [5.74, 6) is 0.538. The molecule has 2 atom stereocenters. The maximum atomic E-state index is 12.9. The fraction of sp³-hybridized carbons (Fsp3) is 0.480. The van der Waals surface area contributed by atoms with Crippen molar-refractivity contribution in [3.63, 3.8) is 0 Å². The highest BCUT2D eigenvalue weighted by Gasteiger charge is 2.36. The molecule has 0 fully saturated rings. The molecule has 1 amide bonds. The number of nitrogens with zero attached hydrogens (tertiary/aromatic N) is 2. The lowest BCUT2D eigenvalue weighted by Crippen LogP contribution is -2.47. The van der Waals surface area contributed by atoms with Gasteiger partial charge >= 0.3 is 5.95 Å². The molecule has 1 aliphatic heterocycles. The van der Waals surface area contributed by atoms with Crippen LogP contribution in [0, 0.1) is 5.92 Å². The van der Waals surface area contributed by atoms with E-state index in [9.17, 15) is 4.79 Å². The molecule has 0 bridgehead atoms. The molecular formula is C25H34N3O4Si. The Hall–Kier alpha value is -2.71. The third-order valence-corrected chi connectivity index (χ3v) is 6.83. The van der Waals surface area contributed by atoms with Crippen molar-refractivity contribution in [2.45, 2.75) is 26.3 Å². The molecule has 177 valence electrons. The molecule has 4 rings (SSSR count). The van der Waals surface area contributed by atoms with Crippen LogP contribution in [0.4, 0.5) is 0 Å². The predicted octanol–water partition coefficient (Wildman–Crippen LogP) is 3.13. The first kappa shape index (κ1) is 24.9. The SMILES string of the molecule is CCN(CC)C(=O)[C@@H]1C=C2c3cccc4[nH]cc(c34)C[C@H]2N(C)C1.COC([Si])=C(OC)OC. The van der Waals surface area contributed by atoms with Gasteiger partial charge in [-0.2, -0.15) is 0 Å². The number of carbonyl (C=O) groups excluding carboxylic acids is 1. The standard InChI is InChI=1S/C20H25N3O.C5H9O3Si/c1-4-23(5-2)20(24)14-9-16-15-7-6-8-17-19(15)13(11-21-17)10-18(16)22(3)12-14;1-6-4(7-2)5(9)8-3/h6-9,11,14,18,21H,4-5,10,12H2,1-3H3;1-3H3/t14-,18-;/m1./s1. The highest BCUT2D eigenvalue weighted by atomic mass is 28.1. The van der Waals surface area contributed by atoms with E-state index in [1.54, 1.807) is 0 Å². The number of likely N-dealkylation sites (N-methyl/N-ethyl adjacent to an activating group) is 1. The topological polar surface area (TPSA) is 67.0 Å². The number of methoxy groups -OCH3 is 3. The van der Waals surface area contributed by atoms with E-state index in [-0.39, 0.29) is 11.8 Å². The van der Waals surface area contributed by atoms with Crippen molar-refractivity contribution in [2.75, 3.05) is 48.0 Å². The van der Waals surface area contributed by atoms with Crippen molar-refractivity contribution in [3.05, 3.63) is 52.9 Å². The fourth-order valence-electron chi connectivity index (χ4n) is 4.73. The average Bonchev–Trinajstić information content (AvgIpc) is 3.25. The van der Waals surface area contributed by atoms with Crippen molar-refractivity contribution in [1.82, 2.24) is 14.8 Å². The molecule has 2 heterocycles. The lowest BCUT2D eigenvalue weighted by molar-refractivity contribution is -0.134. The number of ether oxygens (including phenoxy) is 3. The van der Waals surface area contributed by atoms with E-state index in [1.165, 1.54) is 48.9 Å². The second-order valence-corrected chi connectivity index (χ2v) is 8.62. The number of aromatic amines is 1. The molecule has 0 spiro atoms. The minimum absolute atomic E-state index is 0.0445. The first-order chi connectivity index (χ1) is 15.9. The molecule has 7 nitrogen and oxygen atoms in total. The molecular weight excluding hydrogens is 434 g/mol. The molecule has 0 saturated carbocycles. The van der Waals surface area contributed by atoms with Crippen LogP contribution in [0.2, 0.25) is 0 Å². The Morgan fingerprint density at radius 3 is 2.45 bits per heavy atom. The number of hydrogen-bond acceptors (Lipinski definition) is 5. The van der Waals surface area contributed by atoms with Gasteiger partial charge in [0.05, 0.1) is 27.2 Å². The zero-order valence-corrected chi connectivity index (χ0v) is 21.4. The van der Waals surface area contributed by atoms with Gasteiger partial charge in [0.15, 0.2) is 0 Å². The summed E-state index contributed by atoms with van der Waals surface area (Å²) in [4.78, 5) is 20.6. The number of nitrogens with one attached hydrogen (secondary N) is 1. The van der Waals surface area contributed by atoms with E-state index in [1.807, 2.05) is 4.90 Å². The second kappa shape index (κ2) is 10.9. The third kappa shape index (κ3) is 4.96. The summed E-state index contributed by atoms with van der Waals surface area (Å²) in [6.07, 6.45) is 5.41. The fourth-order valence-corrected chi connectivity index (χ4v) is 4.93. The molecule has 0 saturated heterocycles. The molecule has 1 aliphatic carbocycles. The molecule has 1 N–H and O–H groups in total. The van der Waals surface area contributed by atoms with Gasteiger partial charge in [0.2, 0.25) is 5.91 Å². The molecule has 2 aliphatic rings. The molecule has 8 heteroatoms. The summed E-state index contributed by atoms with van der Waals surface area (Å²) in [6, 6.07) is 6.82. The van der Waals surface area contributed by atoms with Gasteiger partial charge in [0, 0.05) is 42.8 Å².